The Hall–Kier alpha value is -2.46. The van der Waals surface area contributed by atoms with Crippen LogP contribution in [0.25, 0.3) is 0 Å². The Kier molecular flexibility index (Phi) is 8.34. The second-order valence-electron chi connectivity index (χ2n) is 6.66. The lowest BCUT2D eigenvalue weighted by Gasteiger charge is -2.24. The van der Waals surface area contributed by atoms with Crippen LogP contribution in [-0.2, 0) is 16.7 Å². The Bertz CT molecular complexity index is 977. The summed E-state index contributed by atoms with van der Waals surface area (Å²) in [7, 11) is -2.61. The third-order valence-corrected chi connectivity index (χ3v) is 3.54. The second-order valence-corrected chi connectivity index (χ2v) is 7.56. The lowest BCUT2D eigenvalue weighted by atomic mass is 9.83. The summed E-state index contributed by atoms with van der Waals surface area (Å²) in [6.45, 7) is 5.13. The van der Waals surface area contributed by atoms with Gasteiger partial charge < -0.3 is 4.84 Å². The predicted molar refractivity (Wildman–Crippen MR) is 101 cm³/mol. The first-order valence-electron chi connectivity index (χ1n) is 7.90. The molecule has 158 valence electrons. The molecule has 0 radical (unpaired) electrons. The molecule has 0 unspecified atom stereocenters. The molecule has 5 nitrogen and oxygen atoms in total. The van der Waals surface area contributed by atoms with Crippen molar-refractivity contribution in [1.29, 1.82) is 4.78 Å². The van der Waals surface area contributed by atoms with Crippen molar-refractivity contribution in [3.63, 3.8) is 0 Å². The van der Waals surface area contributed by atoms with Crippen molar-refractivity contribution < 1.29 is 30.8 Å². The van der Waals surface area contributed by atoms with Gasteiger partial charge in [0.2, 0.25) is 0 Å². The molecule has 0 heterocycles. The topological polar surface area (TPSA) is 79.6 Å². The molecule has 1 N–H and O–H groups in total. The van der Waals surface area contributed by atoms with E-state index in [0.717, 1.165) is 6.07 Å². The molecule has 0 aromatic heterocycles. The highest BCUT2D eigenvalue weighted by atomic mass is 35.5. The Balaban J connectivity index is 0.000000960. The van der Waals surface area contributed by atoms with Gasteiger partial charge in [0.15, 0.2) is 5.75 Å². The molecule has 0 atom stereocenters. The molecule has 2 aromatic rings. The van der Waals surface area contributed by atoms with Gasteiger partial charge in [0.1, 0.15) is 5.82 Å². The first-order chi connectivity index (χ1) is 13.2. The van der Waals surface area contributed by atoms with Gasteiger partial charge in [0.05, 0.1) is 11.3 Å². The van der Waals surface area contributed by atoms with E-state index in [0.29, 0.717) is 0 Å². The number of oxime groups is 1. The maximum absolute atomic E-state index is 13.4. The highest BCUT2D eigenvalue weighted by Crippen LogP contribution is 2.36. The quantitative estimate of drug-likeness (QED) is 0.354. The molecule has 0 amide bonds. The number of hydrogen-bond donors (Lipinski definition) is 1. The van der Waals surface area contributed by atoms with Gasteiger partial charge in [-0.15, -0.1) is 0 Å². The van der Waals surface area contributed by atoms with Crippen molar-refractivity contribution in [2.75, 3.05) is 0 Å². The lowest BCUT2D eigenvalue weighted by molar-refractivity contribution is -0.137. The monoisotopic (exact) mass is 452 g/mol. The molecule has 0 saturated heterocycles. The normalized spacial score (nSPS) is 12.1. The summed E-state index contributed by atoms with van der Waals surface area (Å²) in [5.41, 5.74) is -1.69. The Morgan fingerprint density at radius 3 is 2.03 bits per heavy atom. The van der Waals surface area contributed by atoms with E-state index in [-0.39, 0.29) is 22.0 Å². The fourth-order valence-electron chi connectivity index (χ4n) is 2.14. The number of alkyl halides is 3. The molecule has 2 aromatic carbocycles. The zero-order valence-corrected chi connectivity index (χ0v) is 17.1. The summed E-state index contributed by atoms with van der Waals surface area (Å²) >= 11 is 5.89. The van der Waals surface area contributed by atoms with Gasteiger partial charge >= 0.3 is 16.7 Å². The first kappa shape index (κ1) is 24.6. The minimum absolute atomic E-state index is 0.0756. The van der Waals surface area contributed by atoms with E-state index in [4.69, 9.17) is 29.6 Å². The maximum atomic E-state index is 13.4. The van der Waals surface area contributed by atoms with Crippen LogP contribution in [0.1, 0.15) is 31.9 Å². The number of benzene rings is 2. The molecular weight excluding hydrogens is 436 g/mol. The van der Waals surface area contributed by atoms with E-state index in [9.17, 15) is 17.6 Å². The van der Waals surface area contributed by atoms with Crippen molar-refractivity contribution in [3.05, 3.63) is 64.4 Å². The van der Waals surface area contributed by atoms with Crippen LogP contribution in [0, 0.1) is 16.0 Å². The predicted octanol–water partition coefficient (Wildman–Crippen LogP) is 5.95. The molecule has 0 spiro atoms. The molecule has 11 heteroatoms. The summed E-state index contributed by atoms with van der Waals surface area (Å²) in [5.74, 6) is -0.250. The van der Waals surface area contributed by atoms with Crippen LogP contribution in [0.2, 0.25) is 5.02 Å². The molecule has 0 bridgehead atoms. The fraction of sp³-hybridized carbons (Fsp3) is 0.278. The summed E-state index contributed by atoms with van der Waals surface area (Å²) in [6.07, 6.45) is -4.57. The smallest absolute Gasteiger partial charge is 0.357 e. The fourth-order valence-corrected chi connectivity index (χ4v) is 2.32. The number of nitrogens with zero attached hydrogens (tertiary/aromatic N) is 1. The molecule has 2 rings (SSSR count). The van der Waals surface area contributed by atoms with Crippen LogP contribution in [0.4, 0.5) is 17.6 Å². The van der Waals surface area contributed by atoms with E-state index in [1.165, 1.54) is 36.4 Å². The van der Waals surface area contributed by atoms with Crippen molar-refractivity contribution in [2.45, 2.75) is 26.9 Å². The van der Waals surface area contributed by atoms with Gasteiger partial charge in [-0.25, -0.2) is 4.39 Å². The van der Waals surface area contributed by atoms with E-state index >= 15 is 0 Å². The molecule has 0 aliphatic rings. The van der Waals surface area contributed by atoms with Crippen LogP contribution in [-0.4, -0.2) is 14.1 Å². The summed E-state index contributed by atoms with van der Waals surface area (Å²) < 4.78 is 75.8. The van der Waals surface area contributed by atoms with Gasteiger partial charge in [0, 0.05) is 16.0 Å². The summed E-state index contributed by atoms with van der Waals surface area (Å²) in [4.78, 5) is 5.22. The van der Waals surface area contributed by atoms with Gasteiger partial charge in [0.25, 0.3) is 0 Å². The SMILES string of the molecule is CC(C)(C)/C(=N\Oc1ccc(F)cc1)c1cc(Cl)ccc1C(F)(F)F.N=S(=O)=O. The van der Waals surface area contributed by atoms with Crippen LogP contribution in [0.3, 0.4) is 0 Å². The Labute approximate surface area is 171 Å². The van der Waals surface area contributed by atoms with Gasteiger partial charge in [-0.05, 0) is 42.5 Å². The van der Waals surface area contributed by atoms with Gasteiger partial charge in [-0.2, -0.15) is 26.4 Å². The molecule has 0 aliphatic heterocycles. The van der Waals surface area contributed by atoms with Crippen molar-refractivity contribution in [2.24, 2.45) is 10.6 Å². The number of hydrogen-bond acceptors (Lipinski definition) is 5. The first-order valence-corrected chi connectivity index (χ1v) is 9.35. The molecule has 0 fully saturated rings. The molecule has 0 aliphatic carbocycles. The minimum Gasteiger partial charge on any atom is -0.357 e. The highest BCUT2D eigenvalue weighted by Gasteiger charge is 2.37. The Morgan fingerprint density at radius 2 is 1.59 bits per heavy atom. The zero-order valence-electron chi connectivity index (χ0n) is 15.5. The second kappa shape index (κ2) is 9.84. The van der Waals surface area contributed by atoms with Crippen molar-refractivity contribution in [1.82, 2.24) is 0 Å². The third-order valence-electron chi connectivity index (χ3n) is 3.31. The molecular formula is C18H17ClF4N2O3S. The van der Waals surface area contributed by atoms with Crippen LogP contribution >= 0.6 is 11.6 Å². The van der Waals surface area contributed by atoms with Crippen LogP contribution in [0.5, 0.6) is 5.75 Å². The summed E-state index contributed by atoms with van der Waals surface area (Å²) in [6, 6.07) is 8.31. The molecule has 29 heavy (non-hydrogen) atoms. The van der Waals surface area contributed by atoms with E-state index in [1.54, 1.807) is 20.8 Å². The number of halogens is 5. The summed E-state index contributed by atoms with van der Waals surface area (Å²) in [5, 5.41) is 4.07. The molecule has 0 saturated carbocycles. The maximum Gasteiger partial charge on any atom is 0.417 e. The van der Waals surface area contributed by atoms with E-state index in [2.05, 4.69) is 5.16 Å². The average molecular weight is 453 g/mol. The van der Waals surface area contributed by atoms with E-state index in [1.807, 2.05) is 0 Å². The van der Waals surface area contributed by atoms with Gasteiger partial charge in [-0.1, -0.05) is 37.5 Å². The number of nitrogens with one attached hydrogen (secondary N) is 1. The number of rotatable bonds is 3. The van der Waals surface area contributed by atoms with Crippen molar-refractivity contribution in [3.8, 4) is 5.75 Å². The van der Waals surface area contributed by atoms with Crippen LogP contribution < -0.4 is 4.84 Å². The zero-order chi connectivity index (χ0) is 22.4. The Morgan fingerprint density at radius 1 is 1.07 bits per heavy atom. The minimum atomic E-state index is -4.57. The highest BCUT2D eigenvalue weighted by molar-refractivity contribution is 7.60. The largest absolute Gasteiger partial charge is 0.417 e. The van der Waals surface area contributed by atoms with E-state index < -0.39 is 33.5 Å². The standard InChI is InChI=1S/C18H16ClF4NO.HNO2S/c1-17(2,3)16(24-25-13-7-5-12(20)6-8-13)14-10-11(19)4-9-15(14)18(21,22)23;1-4(2)3/h4-10H,1-3H3;1H/b24-16-;. The van der Waals surface area contributed by atoms with Crippen molar-refractivity contribution >= 4 is 27.8 Å². The third kappa shape index (κ3) is 8.20. The van der Waals surface area contributed by atoms with Crippen LogP contribution in [0.15, 0.2) is 47.6 Å². The lowest BCUT2D eigenvalue weighted by Crippen LogP contribution is -2.26. The average Bonchev–Trinajstić information content (AvgIpc) is 2.54. The van der Waals surface area contributed by atoms with Gasteiger partial charge in [-0.3, -0.25) is 0 Å².